The molecule has 2 rings (SSSR count). The molecule has 1 aliphatic heterocycles. The van der Waals surface area contributed by atoms with Crippen LogP contribution in [0.25, 0.3) is 0 Å². The monoisotopic (exact) mass is 318 g/mol. The lowest BCUT2D eigenvalue weighted by molar-refractivity contribution is -0.145. The number of carbonyl (C=O) groups is 2. The van der Waals surface area contributed by atoms with Crippen molar-refractivity contribution >= 4 is 34.3 Å². The number of ketones is 1. The van der Waals surface area contributed by atoms with Gasteiger partial charge in [0.05, 0.1) is 12.7 Å². The second kappa shape index (κ2) is 3.80. The molecule has 78 valence electrons. The fourth-order valence-corrected chi connectivity index (χ4v) is 1.84. The first-order chi connectivity index (χ1) is 7.13. The van der Waals surface area contributed by atoms with Crippen molar-refractivity contribution in [1.82, 2.24) is 0 Å². The molecule has 0 amide bonds. The minimum absolute atomic E-state index is 0.340. The molecule has 1 unspecified atom stereocenters. The summed E-state index contributed by atoms with van der Waals surface area (Å²) in [6, 6.07) is 5.17. The Morgan fingerprint density at radius 1 is 1.53 bits per heavy atom. The lowest BCUT2D eigenvalue weighted by Gasteiger charge is -2.05. The molecule has 0 aliphatic carbocycles. The molecule has 1 aliphatic rings. The number of fused-ring (bicyclic) bond motifs is 1. The molecule has 0 aromatic heterocycles. The van der Waals surface area contributed by atoms with E-state index in [0.29, 0.717) is 11.3 Å². The van der Waals surface area contributed by atoms with E-state index in [0.717, 1.165) is 3.57 Å². The second-order valence-corrected chi connectivity index (χ2v) is 4.27. The molecule has 1 aromatic rings. The van der Waals surface area contributed by atoms with E-state index in [4.69, 9.17) is 4.74 Å². The lowest BCUT2D eigenvalue weighted by atomic mass is 10.1. The maximum Gasteiger partial charge on any atom is 0.355 e. The average molecular weight is 318 g/mol. The number of halogens is 1. The summed E-state index contributed by atoms with van der Waals surface area (Å²) in [6.07, 6.45) is -1.14. The zero-order valence-electron chi connectivity index (χ0n) is 7.82. The lowest BCUT2D eigenvalue weighted by Crippen LogP contribution is -2.31. The van der Waals surface area contributed by atoms with E-state index in [1.165, 1.54) is 7.11 Å². The van der Waals surface area contributed by atoms with Gasteiger partial charge in [-0.3, -0.25) is 4.79 Å². The highest BCUT2D eigenvalue weighted by Crippen LogP contribution is 2.30. The van der Waals surface area contributed by atoms with Crippen molar-refractivity contribution in [3.05, 3.63) is 27.3 Å². The highest BCUT2D eigenvalue weighted by Gasteiger charge is 2.38. The van der Waals surface area contributed by atoms with Crippen molar-refractivity contribution < 1.29 is 19.1 Å². The number of rotatable bonds is 1. The Hall–Kier alpha value is -1.11. The summed E-state index contributed by atoms with van der Waals surface area (Å²) < 4.78 is 10.7. The van der Waals surface area contributed by atoms with Crippen LogP contribution in [0.15, 0.2) is 18.2 Å². The molecule has 1 atom stereocenters. The standard InChI is InChI=1S/C10H7IO4/c1-14-10(13)9-8(12)6-3-2-5(11)4-7(6)15-9/h2-4,9H,1H3. The Balaban J connectivity index is 2.37. The maximum atomic E-state index is 11.7. The Bertz CT molecular complexity index is 441. The van der Waals surface area contributed by atoms with Crippen LogP contribution in [0.2, 0.25) is 0 Å². The fraction of sp³-hybridized carbons (Fsp3) is 0.200. The number of hydrogen-bond acceptors (Lipinski definition) is 4. The average Bonchev–Trinajstić information content (AvgIpc) is 2.54. The first-order valence-electron chi connectivity index (χ1n) is 4.21. The summed E-state index contributed by atoms with van der Waals surface area (Å²) in [5, 5.41) is 0. The topological polar surface area (TPSA) is 52.6 Å². The Kier molecular flexibility index (Phi) is 2.64. The molecular weight excluding hydrogens is 311 g/mol. The number of carbonyl (C=O) groups excluding carboxylic acids is 2. The van der Waals surface area contributed by atoms with Crippen molar-refractivity contribution in [2.24, 2.45) is 0 Å². The molecule has 15 heavy (non-hydrogen) atoms. The zero-order chi connectivity index (χ0) is 11.0. The predicted molar refractivity (Wildman–Crippen MR) is 59.9 cm³/mol. The van der Waals surface area contributed by atoms with Crippen LogP contribution in [0.5, 0.6) is 5.75 Å². The smallest absolute Gasteiger partial charge is 0.355 e. The third kappa shape index (κ3) is 1.71. The van der Waals surface area contributed by atoms with Crippen molar-refractivity contribution in [2.75, 3.05) is 7.11 Å². The van der Waals surface area contributed by atoms with Gasteiger partial charge < -0.3 is 9.47 Å². The van der Waals surface area contributed by atoms with Crippen molar-refractivity contribution in [1.29, 1.82) is 0 Å². The maximum absolute atomic E-state index is 11.7. The SMILES string of the molecule is COC(=O)C1Oc2cc(I)ccc2C1=O. The van der Waals surface area contributed by atoms with E-state index in [-0.39, 0.29) is 5.78 Å². The molecule has 5 heteroatoms. The third-order valence-corrected chi connectivity index (χ3v) is 2.78. The Morgan fingerprint density at radius 2 is 2.27 bits per heavy atom. The summed E-state index contributed by atoms with van der Waals surface area (Å²) in [6.45, 7) is 0. The summed E-state index contributed by atoms with van der Waals surface area (Å²) in [7, 11) is 1.23. The highest BCUT2D eigenvalue weighted by molar-refractivity contribution is 14.1. The van der Waals surface area contributed by atoms with Crippen LogP contribution in [-0.4, -0.2) is 25.0 Å². The quantitative estimate of drug-likeness (QED) is 0.446. The zero-order valence-corrected chi connectivity index (χ0v) is 9.98. The van der Waals surface area contributed by atoms with Gasteiger partial charge in [0, 0.05) is 3.57 Å². The van der Waals surface area contributed by atoms with Gasteiger partial charge in [0.2, 0.25) is 5.78 Å². The van der Waals surface area contributed by atoms with E-state index in [1.54, 1.807) is 18.2 Å². The number of esters is 1. The highest BCUT2D eigenvalue weighted by atomic mass is 127. The van der Waals surface area contributed by atoms with Gasteiger partial charge in [-0.2, -0.15) is 0 Å². The van der Waals surface area contributed by atoms with Gasteiger partial charge in [0.1, 0.15) is 5.75 Å². The van der Waals surface area contributed by atoms with E-state index < -0.39 is 12.1 Å². The van der Waals surface area contributed by atoms with Crippen molar-refractivity contribution in [3.8, 4) is 5.75 Å². The van der Waals surface area contributed by atoms with Gasteiger partial charge in [-0.25, -0.2) is 4.79 Å². The number of hydrogen-bond donors (Lipinski definition) is 0. The summed E-state index contributed by atoms with van der Waals surface area (Å²) in [4.78, 5) is 22.9. The van der Waals surface area contributed by atoms with Gasteiger partial charge in [0.15, 0.2) is 0 Å². The minimum atomic E-state index is -1.14. The van der Waals surface area contributed by atoms with Gasteiger partial charge in [-0.15, -0.1) is 0 Å². The van der Waals surface area contributed by atoms with Crippen LogP contribution in [-0.2, 0) is 9.53 Å². The van der Waals surface area contributed by atoms with Crippen LogP contribution in [0.1, 0.15) is 10.4 Å². The third-order valence-electron chi connectivity index (χ3n) is 2.11. The minimum Gasteiger partial charge on any atom is -0.470 e. The van der Waals surface area contributed by atoms with E-state index in [1.807, 2.05) is 0 Å². The van der Waals surface area contributed by atoms with Gasteiger partial charge in [-0.05, 0) is 40.8 Å². The normalized spacial score (nSPS) is 18.3. The van der Waals surface area contributed by atoms with E-state index in [9.17, 15) is 9.59 Å². The summed E-state index contributed by atoms with van der Waals surface area (Å²) >= 11 is 2.11. The summed E-state index contributed by atoms with van der Waals surface area (Å²) in [5.74, 6) is -0.554. The van der Waals surface area contributed by atoms with Crippen LogP contribution in [0.3, 0.4) is 0 Å². The number of benzene rings is 1. The van der Waals surface area contributed by atoms with E-state index >= 15 is 0 Å². The van der Waals surface area contributed by atoms with Crippen LogP contribution in [0, 0.1) is 3.57 Å². The molecule has 0 saturated heterocycles. The molecule has 0 fully saturated rings. The van der Waals surface area contributed by atoms with Crippen LogP contribution in [0.4, 0.5) is 0 Å². The molecular formula is C10H7IO4. The molecule has 0 spiro atoms. The molecule has 1 heterocycles. The molecule has 0 saturated carbocycles. The molecule has 0 radical (unpaired) electrons. The Labute approximate surface area is 99.7 Å². The number of Topliss-reactive ketones (excluding diaryl/α,β-unsaturated/α-hetero) is 1. The van der Waals surface area contributed by atoms with Crippen LogP contribution < -0.4 is 4.74 Å². The van der Waals surface area contributed by atoms with Gasteiger partial charge in [-0.1, -0.05) is 0 Å². The van der Waals surface area contributed by atoms with E-state index in [2.05, 4.69) is 27.3 Å². The fourth-order valence-electron chi connectivity index (χ4n) is 1.38. The van der Waals surface area contributed by atoms with Crippen molar-refractivity contribution in [2.45, 2.75) is 6.10 Å². The molecule has 0 bridgehead atoms. The summed E-state index contributed by atoms with van der Waals surface area (Å²) in [5.41, 5.74) is 0.436. The van der Waals surface area contributed by atoms with Crippen LogP contribution >= 0.6 is 22.6 Å². The second-order valence-electron chi connectivity index (χ2n) is 3.03. The molecule has 0 N–H and O–H groups in total. The number of methoxy groups -OCH3 is 1. The Morgan fingerprint density at radius 3 is 2.93 bits per heavy atom. The van der Waals surface area contributed by atoms with Gasteiger partial charge >= 0.3 is 5.97 Å². The molecule has 4 nitrogen and oxygen atoms in total. The number of ether oxygens (including phenoxy) is 2. The van der Waals surface area contributed by atoms with Crippen molar-refractivity contribution in [3.63, 3.8) is 0 Å². The molecule has 1 aromatic carbocycles. The first-order valence-corrected chi connectivity index (χ1v) is 5.29. The first kappa shape index (κ1) is 10.4. The predicted octanol–water partition coefficient (Wildman–Crippen LogP) is 1.41. The largest absolute Gasteiger partial charge is 0.470 e. The van der Waals surface area contributed by atoms with Gasteiger partial charge in [0.25, 0.3) is 6.10 Å².